The maximum absolute atomic E-state index is 11.6. The van der Waals surface area contributed by atoms with Gasteiger partial charge in [0.25, 0.3) is 0 Å². The summed E-state index contributed by atoms with van der Waals surface area (Å²) in [5.74, 6) is 0.338. The summed E-state index contributed by atoms with van der Waals surface area (Å²) >= 11 is 3.38. The van der Waals surface area contributed by atoms with Crippen molar-refractivity contribution in [1.29, 1.82) is 0 Å². The van der Waals surface area contributed by atoms with E-state index in [-0.39, 0.29) is 12.6 Å². The van der Waals surface area contributed by atoms with Gasteiger partial charge in [0.1, 0.15) is 17.9 Å². The Morgan fingerprint density at radius 1 is 1.47 bits per heavy atom. The minimum absolute atomic E-state index is 0.193. The number of likely N-dealkylation sites (N-methyl/N-ethyl adjacent to an activating group) is 1. The Labute approximate surface area is 109 Å². The van der Waals surface area contributed by atoms with Crippen molar-refractivity contribution in [2.75, 3.05) is 20.8 Å². The van der Waals surface area contributed by atoms with Crippen LogP contribution < -0.4 is 10.1 Å². The predicted octanol–water partition coefficient (Wildman–Crippen LogP) is 1.98. The van der Waals surface area contributed by atoms with E-state index < -0.39 is 5.54 Å². The van der Waals surface area contributed by atoms with Crippen LogP contribution in [0.1, 0.15) is 6.92 Å². The first-order chi connectivity index (χ1) is 8.03. The second kappa shape index (κ2) is 6.02. The lowest BCUT2D eigenvalue weighted by molar-refractivity contribution is -0.148. The van der Waals surface area contributed by atoms with E-state index in [0.29, 0.717) is 5.75 Å². The molecule has 0 saturated heterocycles. The fourth-order valence-corrected chi connectivity index (χ4v) is 1.64. The largest absolute Gasteiger partial charge is 0.490 e. The quantitative estimate of drug-likeness (QED) is 0.845. The Kier molecular flexibility index (Phi) is 4.96. The lowest BCUT2D eigenvalue weighted by atomic mass is 10.1. The van der Waals surface area contributed by atoms with Crippen LogP contribution >= 0.6 is 15.9 Å². The van der Waals surface area contributed by atoms with Gasteiger partial charge in [-0.2, -0.15) is 0 Å². The number of rotatable bonds is 5. The maximum atomic E-state index is 11.6. The van der Waals surface area contributed by atoms with E-state index in [0.717, 1.165) is 4.47 Å². The monoisotopic (exact) mass is 301 g/mol. The van der Waals surface area contributed by atoms with Gasteiger partial charge >= 0.3 is 5.97 Å². The second-order valence-electron chi connectivity index (χ2n) is 3.79. The zero-order valence-electron chi connectivity index (χ0n) is 10.1. The molecule has 0 spiro atoms. The summed E-state index contributed by atoms with van der Waals surface area (Å²) in [5.41, 5.74) is -0.857. The van der Waals surface area contributed by atoms with Crippen molar-refractivity contribution in [2.24, 2.45) is 0 Å². The molecule has 17 heavy (non-hydrogen) atoms. The van der Waals surface area contributed by atoms with E-state index in [9.17, 15) is 4.79 Å². The van der Waals surface area contributed by atoms with Gasteiger partial charge in [0.15, 0.2) is 0 Å². The third-order valence-electron chi connectivity index (χ3n) is 2.54. The average molecular weight is 302 g/mol. The number of carbonyl (C=O) groups excluding carboxylic acids is 1. The molecule has 0 aromatic heterocycles. The van der Waals surface area contributed by atoms with E-state index in [1.807, 2.05) is 24.3 Å². The van der Waals surface area contributed by atoms with Gasteiger partial charge in [-0.15, -0.1) is 0 Å². The lowest BCUT2D eigenvalue weighted by Crippen LogP contribution is -2.52. The Hall–Kier alpha value is -1.07. The van der Waals surface area contributed by atoms with Gasteiger partial charge in [0.05, 0.1) is 11.6 Å². The van der Waals surface area contributed by atoms with E-state index >= 15 is 0 Å². The van der Waals surface area contributed by atoms with Crippen molar-refractivity contribution in [3.05, 3.63) is 28.7 Å². The molecule has 0 bridgehead atoms. The van der Waals surface area contributed by atoms with Crippen LogP contribution in [0.3, 0.4) is 0 Å². The van der Waals surface area contributed by atoms with Gasteiger partial charge in [-0.3, -0.25) is 0 Å². The summed E-state index contributed by atoms with van der Waals surface area (Å²) in [4.78, 5) is 11.6. The van der Waals surface area contributed by atoms with Crippen LogP contribution in [0.25, 0.3) is 0 Å². The van der Waals surface area contributed by atoms with Crippen LogP contribution in [-0.2, 0) is 9.53 Å². The molecule has 0 amide bonds. The highest BCUT2D eigenvalue weighted by atomic mass is 79.9. The number of ether oxygens (including phenoxy) is 2. The smallest absolute Gasteiger partial charge is 0.329 e. The number of hydrogen-bond donors (Lipinski definition) is 1. The molecule has 0 aliphatic heterocycles. The maximum Gasteiger partial charge on any atom is 0.329 e. The van der Waals surface area contributed by atoms with Gasteiger partial charge in [-0.25, -0.2) is 4.79 Å². The Morgan fingerprint density at radius 3 is 2.65 bits per heavy atom. The third-order valence-corrected chi connectivity index (χ3v) is 3.20. The zero-order chi connectivity index (χ0) is 12.9. The first-order valence-electron chi connectivity index (χ1n) is 5.18. The first kappa shape index (κ1) is 14.0. The molecule has 1 atom stereocenters. The molecule has 0 saturated carbocycles. The molecule has 1 aromatic rings. The highest BCUT2D eigenvalue weighted by Gasteiger charge is 2.33. The Bertz CT molecular complexity index is 397. The van der Waals surface area contributed by atoms with E-state index in [4.69, 9.17) is 9.47 Å². The normalized spacial score (nSPS) is 13.9. The molecule has 5 heteroatoms. The molecule has 0 heterocycles. The number of nitrogens with one attached hydrogen (secondary N) is 1. The number of benzene rings is 1. The molecule has 1 aromatic carbocycles. The molecule has 1 unspecified atom stereocenters. The van der Waals surface area contributed by atoms with E-state index in [2.05, 4.69) is 21.2 Å². The summed E-state index contributed by atoms with van der Waals surface area (Å²) in [6, 6.07) is 7.48. The summed E-state index contributed by atoms with van der Waals surface area (Å²) in [6.45, 7) is 1.93. The van der Waals surface area contributed by atoms with Gasteiger partial charge in [0, 0.05) is 0 Å². The molecule has 0 radical (unpaired) electrons. The summed E-state index contributed by atoms with van der Waals surface area (Å²) in [7, 11) is 3.05. The number of esters is 1. The molecule has 1 rings (SSSR count). The minimum Gasteiger partial charge on any atom is -0.490 e. The van der Waals surface area contributed by atoms with Crippen LogP contribution in [-0.4, -0.2) is 32.3 Å². The lowest BCUT2D eigenvalue weighted by Gasteiger charge is -2.26. The third kappa shape index (κ3) is 3.44. The standard InChI is InChI=1S/C12H16BrNO3/c1-12(14-2,11(15)16-3)8-17-10-7-5-4-6-9(10)13/h4-7,14H,8H2,1-3H3. The molecule has 0 aliphatic carbocycles. The fraction of sp³-hybridized carbons (Fsp3) is 0.417. The molecule has 1 N–H and O–H groups in total. The molecular weight excluding hydrogens is 286 g/mol. The average Bonchev–Trinajstić information content (AvgIpc) is 2.36. The molecule has 94 valence electrons. The van der Waals surface area contributed by atoms with Crippen molar-refractivity contribution in [2.45, 2.75) is 12.5 Å². The molecule has 0 fully saturated rings. The Morgan fingerprint density at radius 2 is 2.12 bits per heavy atom. The summed E-state index contributed by atoms with van der Waals surface area (Å²) in [5, 5.41) is 2.90. The number of methoxy groups -OCH3 is 1. The molecule has 0 aliphatic rings. The van der Waals surface area contributed by atoms with Gasteiger partial charge in [0.2, 0.25) is 0 Å². The number of carbonyl (C=O) groups is 1. The van der Waals surface area contributed by atoms with E-state index in [1.54, 1.807) is 14.0 Å². The summed E-state index contributed by atoms with van der Waals surface area (Å²) in [6.07, 6.45) is 0. The Balaban J connectivity index is 2.72. The van der Waals surface area contributed by atoms with Crippen LogP contribution in [0, 0.1) is 0 Å². The first-order valence-corrected chi connectivity index (χ1v) is 5.97. The van der Waals surface area contributed by atoms with Crippen LogP contribution in [0.4, 0.5) is 0 Å². The van der Waals surface area contributed by atoms with Crippen LogP contribution in [0.15, 0.2) is 28.7 Å². The van der Waals surface area contributed by atoms with Crippen molar-refractivity contribution in [3.8, 4) is 5.75 Å². The van der Waals surface area contributed by atoms with E-state index in [1.165, 1.54) is 7.11 Å². The van der Waals surface area contributed by atoms with Crippen molar-refractivity contribution < 1.29 is 14.3 Å². The van der Waals surface area contributed by atoms with Crippen molar-refractivity contribution in [1.82, 2.24) is 5.32 Å². The SMILES string of the molecule is CNC(C)(COc1ccccc1Br)C(=O)OC. The van der Waals surface area contributed by atoms with Crippen LogP contribution in [0.2, 0.25) is 0 Å². The van der Waals surface area contributed by atoms with Crippen molar-refractivity contribution in [3.63, 3.8) is 0 Å². The minimum atomic E-state index is -0.857. The van der Waals surface area contributed by atoms with Gasteiger partial charge < -0.3 is 14.8 Å². The topological polar surface area (TPSA) is 47.6 Å². The molecule has 4 nitrogen and oxygen atoms in total. The second-order valence-corrected chi connectivity index (χ2v) is 4.65. The van der Waals surface area contributed by atoms with Crippen molar-refractivity contribution >= 4 is 21.9 Å². The highest BCUT2D eigenvalue weighted by Crippen LogP contribution is 2.24. The number of hydrogen-bond acceptors (Lipinski definition) is 4. The predicted molar refractivity (Wildman–Crippen MR) is 69.1 cm³/mol. The molecular formula is C12H16BrNO3. The fourth-order valence-electron chi connectivity index (χ4n) is 1.24. The number of para-hydroxylation sites is 1. The summed E-state index contributed by atoms with van der Waals surface area (Å²) < 4.78 is 11.2. The number of halogens is 1. The highest BCUT2D eigenvalue weighted by molar-refractivity contribution is 9.10. The zero-order valence-corrected chi connectivity index (χ0v) is 11.7. The van der Waals surface area contributed by atoms with Crippen LogP contribution in [0.5, 0.6) is 5.75 Å². The van der Waals surface area contributed by atoms with Gasteiger partial charge in [-0.1, -0.05) is 12.1 Å². The van der Waals surface area contributed by atoms with Gasteiger partial charge in [-0.05, 0) is 42.0 Å².